The second-order valence-corrected chi connectivity index (χ2v) is 6.63. The fourth-order valence-corrected chi connectivity index (χ4v) is 3.46. The average Bonchev–Trinajstić information content (AvgIpc) is 2.53. The van der Waals surface area contributed by atoms with E-state index in [9.17, 15) is 18.0 Å². The van der Waals surface area contributed by atoms with Crippen molar-refractivity contribution in [3.05, 3.63) is 29.8 Å². The summed E-state index contributed by atoms with van der Waals surface area (Å²) in [5, 5.41) is 2.31. The molecule has 9 heteroatoms. The van der Waals surface area contributed by atoms with Crippen molar-refractivity contribution in [2.75, 3.05) is 32.8 Å². The third kappa shape index (κ3) is 3.81. The largest absolute Gasteiger partial charge is 0.379 e. The minimum atomic E-state index is -3.67. The quantitative estimate of drug-likeness (QED) is 0.713. The number of hydrogen-bond donors (Lipinski definition) is 2. The Kier molecular flexibility index (Phi) is 5.11. The number of nitrogens with one attached hydrogen (secondary N) is 1. The molecule has 0 spiro atoms. The number of hydrogen-bond acceptors (Lipinski definition) is 5. The Morgan fingerprint density at radius 1 is 1.27 bits per heavy atom. The second-order valence-electron chi connectivity index (χ2n) is 4.69. The molecule has 22 heavy (non-hydrogen) atoms. The van der Waals surface area contributed by atoms with Gasteiger partial charge in [-0.1, -0.05) is 6.07 Å². The second kappa shape index (κ2) is 6.86. The molecule has 1 fully saturated rings. The summed E-state index contributed by atoms with van der Waals surface area (Å²) in [5.74, 6) is -1.23. The molecule has 0 saturated carbocycles. The number of nitrogens with two attached hydrogens (primary N) is 1. The first-order chi connectivity index (χ1) is 10.4. The summed E-state index contributed by atoms with van der Waals surface area (Å²) in [6.45, 7) is 0.941. The van der Waals surface area contributed by atoms with Gasteiger partial charge >= 0.3 is 0 Å². The molecule has 0 unspecified atom stereocenters. The van der Waals surface area contributed by atoms with Gasteiger partial charge in [0, 0.05) is 18.7 Å². The normalized spacial score (nSPS) is 16.2. The monoisotopic (exact) mass is 327 g/mol. The van der Waals surface area contributed by atoms with Crippen LogP contribution in [0, 0.1) is 0 Å². The molecular formula is C13H17N3O5S. The van der Waals surface area contributed by atoms with Gasteiger partial charge in [-0.15, -0.1) is 0 Å². The molecule has 0 bridgehead atoms. The molecule has 1 aromatic rings. The summed E-state index contributed by atoms with van der Waals surface area (Å²) in [6, 6.07) is 5.65. The fourth-order valence-electron chi connectivity index (χ4n) is 2.00. The van der Waals surface area contributed by atoms with Crippen LogP contribution in [0.25, 0.3) is 0 Å². The maximum absolute atomic E-state index is 12.5. The maximum atomic E-state index is 12.5. The van der Waals surface area contributed by atoms with Gasteiger partial charge in [0.2, 0.25) is 15.9 Å². The van der Waals surface area contributed by atoms with Gasteiger partial charge in [-0.25, -0.2) is 8.42 Å². The Labute approximate surface area is 128 Å². The van der Waals surface area contributed by atoms with Gasteiger partial charge in [0.05, 0.1) is 24.7 Å². The van der Waals surface area contributed by atoms with Crippen molar-refractivity contribution in [1.82, 2.24) is 9.62 Å². The number of amides is 2. The van der Waals surface area contributed by atoms with E-state index in [1.807, 2.05) is 0 Å². The first kappa shape index (κ1) is 16.4. The van der Waals surface area contributed by atoms with Crippen LogP contribution in [-0.4, -0.2) is 57.4 Å². The van der Waals surface area contributed by atoms with Crippen LogP contribution in [0.3, 0.4) is 0 Å². The summed E-state index contributed by atoms with van der Waals surface area (Å²) in [5.41, 5.74) is 5.10. The third-order valence-corrected chi connectivity index (χ3v) is 5.02. The molecule has 2 rings (SSSR count). The van der Waals surface area contributed by atoms with E-state index in [4.69, 9.17) is 10.5 Å². The van der Waals surface area contributed by atoms with E-state index < -0.39 is 21.8 Å². The fraction of sp³-hybridized carbons (Fsp3) is 0.385. The van der Waals surface area contributed by atoms with Crippen LogP contribution in [-0.2, 0) is 19.6 Å². The van der Waals surface area contributed by atoms with E-state index in [1.54, 1.807) is 0 Å². The highest BCUT2D eigenvalue weighted by molar-refractivity contribution is 7.89. The highest BCUT2D eigenvalue weighted by atomic mass is 32.2. The molecule has 1 aromatic carbocycles. The smallest absolute Gasteiger partial charge is 0.251 e. The van der Waals surface area contributed by atoms with Crippen molar-refractivity contribution in [2.45, 2.75) is 4.90 Å². The Morgan fingerprint density at radius 2 is 1.95 bits per heavy atom. The summed E-state index contributed by atoms with van der Waals surface area (Å²) in [6.07, 6.45) is 0. The number of rotatable bonds is 5. The standard InChI is InChI=1S/C13H17N3O5S/c14-12(17)9-15-13(18)10-2-1-3-11(8-10)22(19,20)16-4-6-21-7-5-16/h1-3,8H,4-7,9H2,(H2,14,17)(H,15,18). The number of carbonyl (C=O) groups excluding carboxylic acids is 2. The highest BCUT2D eigenvalue weighted by Gasteiger charge is 2.26. The first-order valence-corrected chi connectivity index (χ1v) is 8.10. The van der Waals surface area contributed by atoms with Gasteiger partial charge in [-0.05, 0) is 18.2 Å². The highest BCUT2D eigenvalue weighted by Crippen LogP contribution is 2.18. The van der Waals surface area contributed by atoms with Crippen molar-refractivity contribution in [3.8, 4) is 0 Å². The minimum absolute atomic E-state index is 0.0288. The zero-order valence-corrected chi connectivity index (χ0v) is 12.6. The SMILES string of the molecule is NC(=O)CNC(=O)c1cccc(S(=O)(=O)N2CCOCC2)c1. The number of sulfonamides is 1. The van der Waals surface area contributed by atoms with Crippen LogP contribution >= 0.6 is 0 Å². The number of carbonyl (C=O) groups is 2. The topological polar surface area (TPSA) is 119 Å². The predicted molar refractivity (Wildman–Crippen MR) is 77.5 cm³/mol. The van der Waals surface area contributed by atoms with Gasteiger partial charge in [0.15, 0.2) is 0 Å². The molecule has 8 nitrogen and oxygen atoms in total. The zero-order valence-electron chi connectivity index (χ0n) is 11.8. The molecule has 1 aliphatic heterocycles. The van der Waals surface area contributed by atoms with Crippen LogP contribution in [0.1, 0.15) is 10.4 Å². The van der Waals surface area contributed by atoms with Crippen molar-refractivity contribution in [2.24, 2.45) is 5.73 Å². The van der Waals surface area contributed by atoms with Crippen LogP contribution < -0.4 is 11.1 Å². The molecule has 3 N–H and O–H groups in total. The molecule has 1 aliphatic rings. The van der Waals surface area contributed by atoms with Crippen molar-refractivity contribution in [1.29, 1.82) is 0 Å². The summed E-state index contributed by atoms with van der Waals surface area (Å²) < 4.78 is 31.4. The average molecular weight is 327 g/mol. The van der Waals surface area contributed by atoms with Gasteiger partial charge < -0.3 is 15.8 Å². The summed E-state index contributed by atoms with van der Waals surface area (Å²) in [4.78, 5) is 22.5. The molecule has 0 atom stereocenters. The maximum Gasteiger partial charge on any atom is 0.251 e. The Balaban J connectivity index is 2.20. The van der Waals surface area contributed by atoms with Gasteiger partial charge in [-0.2, -0.15) is 4.31 Å². The predicted octanol–water partition coefficient (Wildman–Crippen LogP) is -1.08. The van der Waals surface area contributed by atoms with E-state index >= 15 is 0 Å². The lowest BCUT2D eigenvalue weighted by molar-refractivity contribution is -0.117. The molecule has 1 heterocycles. The molecular weight excluding hydrogens is 310 g/mol. The van der Waals surface area contributed by atoms with Gasteiger partial charge in [0.1, 0.15) is 0 Å². The number of nitrogens with zero attached hydrogens (tertiary/aromatic N) is 1. The summed E-state index contributed by atoms with van der Waals surface area (Å²) in [7, 11) is -3.67. The number of benzene rings is 1. The van der Waals surface area contributed by atoms with Crippen molar-refractivity contribution in [3.63, 3.8) is 0 Å². The minimum Gasteiger partial charge on any atom is -0.379 e. The Hall–Kier alpha value is -1.97. The van der Waals surface area contributed by atoms with E-state index in [1.165, 1.54) is 28.6 Å². The van der Waals surface area contributed by atoms with Gasteiger partial charge in [-0.3, -0.25) is 9.59 Å². The van der Waals surface area contributed by atoms with E-state index in [-0.39, 0.29) is 30.1 Å². The van der Waals surface area contributed by atoms with Gasteiger partial charge in [0.25, 0.3) is 5.91 Å². The van der Waals surface area contributed by atoms with Crippen LogP contribution in [0.5, 0.6) is 0 Å². The van der Waals surface area contributed by atoms with Crippen LogP contribution in [0.2, 0.25) is 0 Å². The van der Waals surface area contributed by atoms with Crippen LogP contribution in [0.15, 0.2) is 29.2 Å². The summed E-state index contributed by atoms with van der Waals surface area (Å²) >= 11 is 0. The molecule has 0 aromatic heterocycles. The molecule has 0 aliphatic carbocycles. The lowest BCUT2D eigenvalue weighted by atomic mass is 10.2. The third-order valence-electron chi connectivity index (χ3n) is 3.13. The molecule has 120 valence electrons. The van der Waals surface area contributed by atoms with Crippen molar-refractivity contribution < 1.29 is 22.7 Å². The lowest BCUT2D eigenvalue weighted by Crippen LogP contribution is -2.40. The Bertz CT molecular complexity index is 668. The molecule has 2 amide bonds. The van der Waals surface area contributed by atoms with E-state index in [0.717, 1.165) is 0 Å². The zero-order chi connectivity index (χ0) is 16.2. The van der Waals surface area contributed by atoms with E-state index in [2.05, 4.69) is 5.32 Å². The first-order valence-electron chi connectivity index (χ1n) is 6.66. The number of morpholine rings is 1. The Morgan fingerprint density at radius 3 is 2.59 bits per heavy atom. The number of ether oxygens (including phenoxy) is 1. The van der Waals surface area contributed by atoms with Crippen molar-refractivity contribution >= 4 is 21.8 Å². The number of primary amides is 1. The van der Waals surface area contributed by atoms with E-state index in [0.29, 0.717) is 13.2 Å². The van der Waals surface area contributed by atoms with Crippen LogP contribution in [0.4, 0.5) is 0 Å². The molecule has 0 radical (unpaired) electrons. The molecule has 1 saturated heterocycles. The lowest BCUT2D eigenvalue weighted by Gasteiger charge is -2.26.